The molecule has 0 bridgehead atoms. The first-order valence-corrected chi connectivity index (χ1v) is 10.8. The molecular weight excluding hydrogens is 422 g/mol. The van der Waals surface area contributed by atoms with Crippen LogP contribution >= 0.6 is 11.6 Å². The number of pyridine rings is 1. The van der Waals surface area contributed by atoms with Crippen molar-refractivity contribution in [3.05, 3.63) is 89.7 Å². The number of nitrogens with one attached hydrogen (secondary N) is 2. The molecule has 0 aliphatic carbocycles. The maximum Gasteiger partial charge on any atom is 0.140 e. The fourth-order valence-electron chi connectivity index (χ4n) is 3.94. The summed E-state index contributed by atoms with van der Waals surface area (Å²) in [6, 6.07) is 22.0. The summed E-state index contributed by atoms with van der Waals surface area (Å²) in [6.07, 6.45) is 3.75. The van der Waals surface area contributed by atoms with Crippen LogP contribution in [0, 0.1) is 0 Å². The first-order valence-electron chi connectivity index (χ1n) is 10.4. The Balaban J connectivity index is 1.50. The summed E-state index contributed by atoms with van der Waals surface area (Å²) in [6.45, 7) is 1.23. The van der Waals surface area contributed by atoms with Crippen LogP contribution in [0.3, 0.4) is 0 Å². The van der Waals surface area contributed by atoms with Crippen molar-refractivity contribution in [2.75, 3.05) is 18.1 Å². The number of nitrogens with zero attached hydrogens (tertiary/aromatic N) is 3. The highest BCUT2D eigenvalue weighted by atomic mass is 35.5. The van der Waals surface area contributed by atoms with Gasteiger partial charge in [0.25, 0.3) is 0 Å². The van der Waals surface area contributed by atoms with Crippen LogP contribution in [0.5, 0.6) is 0 Å². The topological polar surface area (TPSA) is 80.8 Å². The number of rotatable bonds is 7. The Morgan fingerprint density at radius 2 is 1.84 bits per heavy atom. The second kappa shape index (κ2) is 8.86. The van der Waals surface area contributed by atoms with Crippen molar-refractivity contribution in [3.8, 4) is 22.4 Å². The zero-order valence-electron chi connectivity index (χ0n) is 17.3. The summed E-state index contributed by atoms with van der Waals surface area (Å²) >= 11 is 6.20. The molecule has 0 fully saturated rings. The SMILES string of the molecule is OCCN(Cc1ccccc1)c1ccc2c(-c3[nH]ncc3-c3cccc(Cl)c3)c[nH]c2n1. The van der Waals surface area contributed by atoms with E-state index >= 15 is 0 Å². The third-order valence-corrected chi connectivity index (χ3v) is 5.71. The van der Waals surface area contributed by atoms with E-state index in [2.05, 4.69) is 38.3 Å². The normalized spacial score (nSPS) is 11.2. The van der Waals surface area contributed by atoms with Gasteiger partial charge >= 0.3 is 0 Å². The van der Waals surface area contributed by atoms with E-state index in [-0.39, 0.29) is 6.61 Å². The van der Waals surface area contributed by atoms with Crippen LogP contribution in [0.4, 0.5) is 5.82 Å². The molecule has 0 saturated heterocycles. The standard InChI is InChI=1S/C25H22ClN5O/c26-19-8-4-7-18(13-19)21-15-28-30-24(21)22-14-27-25-20(22)9-10-23(29-25)31(11-12-32)16-17-5-2-1-3-6-17/h1-10,13-15,32H,11-12,16H2,(H,27,29)(H,28,30). The van der Waals surface area contributed by atoms with Crippen LogP contribution in [0.2, 0.25) is 5.02 Å². The highest BCUT2D eigenvalue weighted by Crippen LogP contribution is 2.35. The number of halogens is 1. The van der Waals surface area contributed by atoms with Gasteiger partial charge in [0.15, 0.2) is 0 Å². The lowest BCUT2D eigenvalue weighted by atomic mass is 10.0. The molecule has 32 heavy (non-hydrogen) atoms. The van der Waals surface area contributed by atoms with Crippen LogP contribution in [-0.4, -0.2) is 38.4 Å². The van der Waals surface area contributed by atoms with Crippen LogP contribution in [-0.2, 0) is 6.54 Å². The maximum absolute atomic E-state index is 9.58. The van der Waals surface area contributed by atoms with E-state index in [1.807, 2.05) is 60.9 Å². The molecule has 3 N–H and O–H groups in total. The van der Waals surface area contributed by atoms with Crippen molar-refractivity contribution in [1.82, 2.24) is 20.2 Å². The van der Waals surface area contributed by atoms with Crippen LogP contribution < -0.4 is 4.90 Å². The molecule has 0 radical (unpaired) electrons. The van der Waals surface area contributed by atoms with Gasteiger partial charge in [-0.3, -0.25) is 5.10 Å². The van der Waals surface area contributed by atoms with Crippen molar-refractivity contribution in [3.63, 3.8) is 0 Å². The monoisotopic (exact) mass is 443 g/mol. The van der Waals surface area contributed by atoms with Gasteiger partial charge in [0.2, 0.25) is 0 Å². The molecular formula is C25H22ClN5O. The smallest absolute Gasteiger partial charge is 0.140 e. The molecule has 0 aliphatic heterocycles. The summed E-state index contributed by atoms with van der Waals surface area (Å²) in [5, 5.41) is 18.6. The number of aliphatic hydroxyl groups is 1. The molecule has 0 spiro atoms. The van der Waals surface area contributed by atoms with Gasteiger partial charge in [-0.25, -0.2) is 4.98 Å². The lowest BCUT2D eigenvalue weighted by molar-refractivity contribution is 0.301. The minimum atomic E-state index is 0.0552. The van der Waals surface area contributed by atoms with Gasteiger partial charge in [-0.15, -0.1) is 0 Å². The number of anilines is 1. The van der Waals surface area contributed by atoms with Crippen molar-refractivity contribution in [1.29, 1.82) is 0 Å². The molecule has 5 rings (SSSR count). The van der Waals surface area contributed by atoms with E-state index < -0.39 is 0 Å². The molecule has 0 atom stereocenters. The third-order valence-electron chi connectivity index (χ3n) is 5.48. The van der Waals surface area contributed by atoms with E-state index in [0.29, 0.717) is 18.1 Å². The van der Waals surface area contributed by atoms with Gasteiger partial charge in [-0.2, -0.15) is 5.10 Å². The number of hydrogen-bond acceptors (Lipinski definition) is 4. The summed E-state index contributed by atoms with van der Waals surface area (Å²) in [7, 11) is 0. The molecule has 160 valence electrons. The second-order valence-electron chi connectivity index (χ2n) is 7.57. The molecule has 0 saturated carbocycles. The molecule has 2 aromatic carbocycles. The van der Waals surface area contributed by atoms with E-state index in [1.165, 1.54) is 5.56 Å². The van der Waals surface area contributed by atoms with Gasteiger partial charge in [-0.05, 0) is 35.4 Å². The van der Waals surface area contributed by atoms with E-state index in [9.17, 15) is 5.11 Å². The summed E-state index contributed by atoms with van der Waals surface area (Å²) in [5.74, 6) is 0.809. The molecule has 0 unspecified atom stereocenters. The first kappa shape index (κ1) is 20.3. The Morgan fingerprint density at radius 3 is 2.66 bits per heavy atom. The largest absolute Gasteiger partial charge is 0.395 e. The first-order chi connectivity index (χ1) is 15.7. The van der Waals surface area contributed by atoms with Crippen molar-refractivity contribution in [2.45, 2.75) is 6.54 Å². The van der Waals surface area contributed by atoms with Crippen LogP contribution in [0.15, 0.2) is 79.1 Å². The number of aromatic amines is 2. The zero-order valence-corrected chi connectivity index (χ0v) is 18.0. The molecule has 3 heterocycles. The van der Waals surface area contributed by atoms with Crippen LogP contribution in [0.1, 0.15) is 5.56 Å². The highest BCUT2D eigenvalue weighted by molar-refractivity contribution is 6.30. The van der Waals surface area contributed by atoms with Gasteiger partial charge in [0, 0.05) is 40.8 Å². The molecule has 7 heteroatoms. The average molecular weight is 444 g/mol. The molecule has 5 aromatic rings. The summed E-state index contributed by atoms with van der Waals surface area (Å²) < 4.78 is 0. The number of benzene rings is 2. The lowest BCUT2D eigenvalue weighted by Gasteiger charge is -2.23. The lowest BCUT2D eigenvalue weighted by Crippen LogP contribution is -2.26. The van der Waals surface area contributed by atoms with E-state index in [1.54, 1.807) is 0 Å². The van der Waals surface area contributed by atoms with Gasteiger partial charge in [0.05, 0.1) is 18.5 Å². The summed E-state index contributed by atoms with van der Waals surface area (Å²) in [5.41, 5.74) is 5.81. The van der Waals surface area contributed by atoms with Crippen LogP contribution in [0.25, 0.3) is 33.4 Å². The van der Waals surface area contributed by atoms with E-state index in [4.69, 9.17) is 16.6 Å². The Kier molecular flexibility index (Phi) is 5.62. The molecule has 0 aliphatic rings. The Labute approximate surface area is 190 Å². The molecule has 3 aromatic heterocycles. The minimum Gasteiger partial charge on any atom is -0.395 e. The summed E-state index contributed by atoms with van der Waals surface area (Å²) in [4.78, 5) is 10.2. The quantitative estimate of drug-likeness (QED) is 0.320. The predicted octanol–water partition coefficient (Wildman–Crippen LogP) is 5.27. The number of aliphatic hydroxyl groups excluding tert-OH is 1. The van der Waals surface area contributed by atoms with E-state index in [0.717, 1.165) is 39.2 Å². The van der Waals surface area contributed by atoms with Crippen molar-refractivity contribution in [2.24, 2.45) is 0 Å². The number of fused-ring (bicyclic) bond motifs is 1. The fourth-order valence-corrected chi connectivity index (χ4v) is 4.13. The van der Waals surface area contributed by atoms with Crippen molar-refractivity contribution >= 4 is 28.5 Å². The average Bonchev–Trinajstić information content (AvgIpc) is 3.46. The second-order valence-corrected chi connectivity index (χ2v) is 8.00. The fraction of sp³-hybridized carbons (Fsp3) is 0.120. The van der Waals surface area contributed by atoms with Gasteiger partial charge in [0.1, 0.15) is 11.5 Å². The number of H-pyrrole nitrogens is 2. The zero-order chi connectivity index (χ0) is 21.9. The maximum atomic E-state index is 9.58. The van der Waals surface area contributed by atoms with Crippen molar-refractivity contribution < 1.29 is 5.11 Å². The third kappa shape index (κ3) is 3.98. The number of aromatic nitrogens is 4. The number of hydrogen-bond donors (Lipinski definition) is 3. The Bertz CT molecular complexity index is 1340. The molecule has 6 nitrogen and oxygen atoms in total. The Hall–Kier alpha value is -3.61. The predicted molar refractivity (Wildman–Crippen MR) is 129 cm³/mol. The highest BCUT2D eigenvalue weighted by Gasteiger charge is 2.16. The molecule has 0 amide bonds. The minimum absolute atomic E-state index is 0.0552. The van der Waals surface area contributed by atoms with Gasteiger partial charge in [-0.1, -0.05) is 54.1 Å². The Morgan fingerprint density at radius 1 is 0.969 bits per heavy atom. The van der Waals surface area contributed by atoms with Gasteiger partial charge < -0.3 is 15.0 Å².